The fraction of sp³-hybridized carbons (Fsp3) is 1.00. The number of hydrogen-bond acceptors (Lipinski definition) is 2. The number of nitrogens with zero attached hydrogens (tertiary/aromatic N) is 1. The van der Waals surface area contributed by atoms with Crippen LogP contribution in [0, 0.1) is 0 Å². The lowest BCUT2D eigenvalue weighted by Crippen LogP contribution is -2.45. The van der Waals surface area contributed by atoms with Gasteiger partial charge in [0.05, 0.1) is 20.2 Å². The first-order valence-corrected chi connectivity index (χ1v) is 4.58. The monoisotopic (exact) mass is 176 g/mol. The predicted octanol–water partition coefficient (Wildman–Crippen LogP) is 1.17. The van der Waals surface area contributed by atoms with E-state index in [9.17, 15) is 5.11 Å². The molecule has 0 radical (unpaired) electrons. The third-order valence-electron chi connectivity index (χ3n) is 1.89. The van der Waals surface area contributed by atoms with E-state index in [4.69, 9.17) is 4.84 Å². The lowest BCUT2D eigenvalue weighted by Gasteiger charge is -2.30. The molecule has 0 aliphatic rings. The lowest BCUT2D eigenvalue weighted by atomic mass is 10.3. The molecule has 2 unspecified atom stereocenters. The highest BCUT2D eigenvalue weighted by atomic mass is 16.7. The fourth-order valence-corrected chi connectivity index (χ4v) is 1.13. The van der Waals surface area contributed by atoms with Gasteiger partial charge in [0.25, 0.3) is 0 Å². The number of hydrogen-bond donors (Lipinski definition) is 1. The summed E-state index contributed by atoms with van der Waals surface area (Å²) in [5.74, 6) is 0. The molecule has 0 aliphatic carbocycles. The van der Waals surface area contributed by atoms with Crippen LogP contribution in [0.2, 0.25) is 0 Å². The average molecular weight is 176 g/mol. The van der Waals surface area contributed by atoms with Crippen LogP contribution in [0.1, 0.15) is 27.2 Å². The van der Waals surface area contributed by atoms with Gasteiger partial charge in [-0.25, -0.2) is 0 Å². The third-order valence-corrected chi connectivity index (χ3v) is 1.89. The summed E-state index contributed by atoms with van der Waals surface area (Å²) in [5, 5.41) is 9.22. The van der Waals surface area contributed by atoms with Crippen molar-refractivity contribution in [2.45, 2.75) is 39.4 Å². The Kier molecular flexibility index (Phi) is 4.75. The Bertz CT molecular complexity index is 124. The van der Waals surface area contributed by atoms with Gasteiger partial charge < -0.3 is 5.11 Å². The molecule has 0 saturated heterocycles. The molecule has 12 heavy (non-hydrogen) atoms. The second-order valence-corrected chi connectivity index (χ2v) is 3.85. The number of rotatable bonds is 5. The van der Waals surface area contributed by atoms with Crippen LogP contribution in [-0.4, -0.2) is 42.6 Å². The highest BCUT2D eigenvalue weighted by Crippen LogP contribution is 2.07. The highest BCUT2D eigenvalue weighted by molar-refractivity contribution is 4.53. The van der Waals surface area contributed by atoms with Gasteiger partial charge in [0.2, 0.25) is 0 Å². The number of hydroxylamine groups is 3. The zero-order valence-electron chi connectivity index (χ0n) is 8.87. The van der Waals surface area contributed by atoms with Gasteiger partial charge in [-0.1, -0.05) is 6.92 Å². The second kappa shape index (κ2) is 4.80. The molecule has 0 saturated carbocycles. The number of aliphatic hydroxyl groups excluding tert-OH is 1. The summed E-state index contributed by atoms with van der Waals surface area (Å²) in [7, 11) is 4.00. The molecule has 0 heterocycles. The van der Waals surface area contributed by atoms with Crippen LogP contribution in [0.4, 0.5) is 0 Å². The molecule has 0 amide bonds. The molecule has 0 aromatic heterocycles. The first kappa shape index (κ1) is 11.9. The van der Waals surface area contributed by atoms with Crippen molar-refractivity contribution in [1.82, 2.24) is 0 Å². The molecule has 1 N–H and O–H groups in total. The van der Waals surface area contributed by atoms with Crippen LogP contribution < -0.4 is 0 Å². The number of aliphatic hydroxyl groups is 1. The Morgan fingerprint density at radius 3 is 2.17 bits per heavy atom. The zero-order valence-corrected chi connectivity index (χ0v) is 8.87. The van der Waals surface area contributed by atoms with Gasteiger partial charge in [-0.15, -0.1) is 0 Å². The van der Waals surface area contributed by atoms with Crippen molar-refractivity contribution in [2.75, 3.05) is 20.6 Å². The van der Waals surface area contributed by atoms with Gasteiger partial charge in [-0.2, -0.15) is 9.48 Å². The quantitative estimate of drug-likeness (QED) is 0.503. The van der Waals surface area contributed by atoms with Gasteiger partial charge in [-0.3, -0.25) is 0 Å². The third kappa shape index (κ3) is 4.70. The second-order valence-electron chi connectivity index (χ2n) is 3.85. The van der Waals surface area contributed by atoms with E-state index in [0.717, 1.165) is 13.0 Å². The average Bonchev–Trinajstić information content (AvgIpc) is 1.85. The maximum Gasteiger partial charge on any atom is 0.139 e. The van der Waals surface area contributed by atoms with E-state index < -0.39 is 6.10 Å². The Morgan fingerprint density at radius 1 is 1.33 bits per heavy atom. The summed E-state index contributed by atoms with van der Waals surface area (Å²) in [6, 6.07) is 0. The van der Waals surface area contributed by atoms with E-state index in [-0.39, 0.29) is 6.10 Å². The molecule has 0 fully saturated rings. The summed E-state index contributed by atoms with van der Waals surface area (Å²) in [6.07, 6.45) is 0.574. The first-order chi connectivity index (χ1) is 5.39. The van der Waals surface area contributed by atoms with Crippen LogP contribution in [0.15, 0.2) is 0 Å². The zero-order chi connectivity index (χ0) is 9.78. The SMILES string of the molecule is CCC[N+](C)(C)OC(C)C(C)O. The van der Waals surface area contributed by atoms with Crippen molar-refractivity contribution in [3.8, 4) is 0 Å². The largest absolute Gasteiger partial charge is 0.390 e. The van der Waals surface area contributed by atoms with Crippen molar-refractivity contribution in [3.05, 3.63) is 0 Å². The Labute approximate surface area is 75.5 Å². The van der Waals surface area contributed by atoms with Gasteiger partial charge in [0.1, 0.15) is 12.6 Å². The molecule has 3 heteroatoms. The van der Waals surface area contributed by atoms with Crippen LogP contribution in [0.5, 0.6) is 0 Å². The van der Waals surface area contributed by atoms with E-state index in [1.54, 1.807) is 6.92 Å². The van der Waals surface area contributed by atoms with E-state index in [0.29, 0.717) is 4.65 Å². The molecule has 74 valence electrons. The van der Waals surface area contributed by atoms with Gasteiger partial charge in [0, 0.05) is 0 Å². The molecule has 0 spiro atoms. The van der Waals surface area contributed by atoms with Crippen LogP contribution in [-0.2, 0) is 4.84 Å². The topological polar surface area (TPSA) is 29.5 Å². The molecule has 2 atom stereocenters. The maximum absolute atomic E-state index is 9.22. The molecule has 0 aromatic rings. The summed E-state index contributed by atoms with van der Waals surface area (Å²) in [5.41, 5.74) is 0. The smallest absolute Gasteiger partial charge is 0.139 e. The minimum absolute atomic E-state index is 0.105. The van der Waals surface area contributed by atoms with Crippen LogP contribution >= 0.6 is 0 Å². The molecular formula is C9H22NO2+. The number of quaternary nitrogens is 1. The molecular weight excluding hydrogens is 154 g/mol. The summed E-state index contributed by atoms with van der Waals surface area (Å²) in [4.78, 5) is 5.63. The van der Waals surface area contributed by atoms with Crippen molar-refractivity contribution >= 4 is 0 Å². The Hall–Kier alpha value is -0.120. The van der Waals surface area contributed by atoms with Crippen LogP contribution in [0.25, 0.3) is 0 Å². The molecule has 3 nitrogen and oxygen atoms in total. The van der Waals surface area contributed by atoms with E-state index in [1.165, 1.54) is 0 Å². The van der Waals surface area contributed by atoms with Gasteiger partial charge in [-0.05, 0) is 20.3 Å². The van der Waals surface area contributed by atoms with E-state index >= 15 is 0 Å². The molecule has 0 rings (SSSR count). The van der Waals surface area contributed by atoms with Crippen molar-refractivity contribution in [2.24, 2.45) is 0 Å². The Balaban J connectivity index is 3.87. The maximum atomic E-state index is 9.22. The molecule has 0 bridgehead atoms. The van der Waals surface area contributed by atoms with Crippen molar-refractivity contribution in [3.63, 3.8) is 0 Å². The molecule has 0 aliphatic heterocycles. The summed E-state index contributed by atoms with van der Waals surface area (Å²) >= 11 is 0. The van der Waals surface area contributed by atoms with Crippen LogP contribution in [0.3, 0.4) is 0 Å². The fourth-order valence-electron chi connectivity index (χ4n) is 1.13. The Morgan fingerprint density at radius 2 is 1.83 bits per heavy atom. The van der Waals surface area contributed by atoms with E-state index in [2.05, 4.69) is 6.92 Å². The van der Waals surface area contributed by atoms with Crippen molar-refractivity contribution < 1.29 is 14.6 Å². The van der Waals surface area contributed by atoms with Gasteiger partial charge >= 0.3 is 0 Å². The minimum atomic E-state index is -0.403. The lowest BCUT2D eigenvalue weighted by molar-refractivity contribution is -1.08. The normalized spacial score (nSPS) is 17.5. The first-order valence-electron chi connectivity index (χ1n) is 4.58. The molecule has 0 aromatic carbocycles. The standard InChI is InChI=1S/C9H22NO2/c1-6-7-10(4,5)12-9(3)8(2)11/h8-9,11H,6-7H2,1-5H3/q+1. The summed E-state index contributed by atoms with van der Waals surface area (Å²) in [6.45, 7) is 6.73. The predicted molar refractivity (Wildman–Crippen MR) is 49.5 cm³/mol. The van der Waals surface area contributed by atoms with Gasteiger partial charge in [0.15, 0.2) is 0 Å². The minimum Gasteiger partial charge on any atom is -0.390 e. The van der Waals surface area contributed by atoms with Crippen molar-refractivity contribution in [1.29, 1.82) is 0 Å². The van der Waals surface area contributed by atoms with E-state index in [1.807, 2.05) is 21.0 Å². The summed E-state index contributed by atoms with van der Waals surface area (Å²) < 4.78 is 0.516. The highest BCUT2D eigenvalue weighted by Gasteiger charge is 2.22.